The van der Waals surface area contributed by atoms with Gasteiger partial charge < -0.3 is 9.84 Å². The molecule has 2 atom stereocenters. The first kappa shape index (κ1) is 13.1. The van der Waals surface area contributed by atoms with Crippen molar-refractivity contribution in [2.75, 3.05) is 6.61 Å². The highest BCUT2D eigenvalue weighted by molar-refractivity contribution is 7.80. The first-order valence-corrected chi connectivity index (χ1v) is 5.94. The van der Waals surface area contributed by atoms with Crippen molar-refractivity contribution in [1.82, 2.24) is 0 Å². The Hall–Kier alpha value is -0.930. The summed E-state index contributed by atoms with van der Waals surface area (Å²) in [7, 11) is 0. The van der Waals surface area contributed by atoms with Gasteiger partial charge in [-0.05, 0) is 24.7 Å². The second-order valence-corrected chi connectivity index (χ2v) is 4.23. The summed E-state index contributed by atoms with van der Waals surface area (Å²) < 4.78 is 5.17. The fraction of sp³-hybridized carbons (Fsp3) is 0.462. The van der Waals surface area contributed by atoms with Gasteiger partial charge in [-0.2, -0.15) is 0 Å². The van der Waals surface area contributed by atoms with Crippen molar-refractivity contribution < 1.29 is 9.84 Å². The second kappa shape index (κ2) is 6.61. The molecule has 0 aliphatic rings. The molecule has 0 saturated heterocycles. The third kappa shape index (κ3) is 3.91. The molecular weight excluding hydrogens is 220 g/mol. The molecule has 3 heteroatoms. The molecular formula is C13H18O2S. The minimum Gasteiger partial charge on any atom is -0.487 e. The van der Waals surface area contributed by atoms with Gasteiger partial charge in [-0.1, -0.05) is 37.3 Å². The lowest BCUT2D eigenvalue weighted by atomic mass is 9.94. The average molecular weight is 238 g/mol. The summed E-state index contributed by atoms with van der Waals surface area (Å²) in [6.07, 6.45) is -0.0689. The minimum atomic E-state index is -0.485. The molecule has 0 aliphatic carbocycles. The Kier molecular flexibility index (Phi) is 5.43. The fourth-order valence-electron chi connectivity index (χ4n) is 1.55. The second-order valence-electron chi connectivity index (χ2n) is 3.78. The number of hydrogen-bond acceptors (Lipinski definition) is 3. The minimum absolute atomic E-state index is 0.0691. The molecule has 0 spiro atoms. The van der Waals surface area contributed by atoms with Gasteiger partial charge in [-0.15, -0.1) is 0 Å². The molecule has 1 aromatic carbocycles. The molecule has 0 aromatic heterocycles. The van der Waals surface area contributed by atoms with Crippen LogP contribution in [0.25, 0.3) is 0 Å². The van der Waals surface area contributed by atoms with E-state index in [1.165, 1.54) is 0 Å². The third-order valence-corrected chi connectivity index (χ3v) is 2.87. The van der Waals surface area contributed by atoms with Crippen molar-refractivity contribution >= 4 is 17.3 Å². The van der Waals surface area contributed by atoms with Crippen molar-refractivity contribution in [3.05, 3.63) is 35.9 Å². The van der Waals surface area contributed by atoms with Crippen LogP contribution in [0.15, 0.2) is 30.3 Å². The smallest absolute Gasteiger partial charge is 0.162 e. The number of aliphatic hydroxyl groups is 1. The number of hydrogen-bond donors (Lipinski definition) is 1. The van der Waals surface area contributed by atoms with E-state index in [2.05, 4.69) is 0 Å². The van der Waals surface area contributed by atoms with Gasteiger partial charge in [0, 0.05) is 12.3 Å². The quantitative estimate of drug-likeness (QED) is 0.800. The van der Waals surface area contributed by atoms with Crippen molar-refractivity contribution in [2.45, 2.75) is 32.3 Å². The maximum absolute atomic E-state index is 10.0. The fourth-order valence-corrected chi connectivity index (χ4v) is 1.83. The van der Waals surface area contributed by atoms with Crippen molar-refractivity contribution in [3.8, 4) is 0 Å². The first-order valence-electron chi connectivity index (χ1n) is 5.53. The summed E-state index contributed by atoms with van der Waals surface area (Å²) >= 11 is 5.02. The van der Waals surface area contributed by atoms with Crippen LogP contribution in [0, 0.1) is 0 Å². The molecule has 1 N–H and O–H groups in total. The number of ether oxygens (including phenoxy) is 1. The van der Waals surface area contributed by atoms with E-state index in [1.807, 2.05) is 44.2 Å². The zero-order chi connectivity index (χ0) is 12.0. The zero-order valence-corrected chi connectivity index (χ0v) is 10.5. The number of thiocarbonyl (C=S) groups is 1. The zero-order valence-electron chi connectivity index (χ0n) is 9.72. The van der Waals surface area contributed by atoms with E-state index in [-0.39, 0.29) is 5.92 Å². The van der Waals surface area contributed by atoms with Crippen molar-refractivity contribution in [3.63, 3.8) is 0 Å². The third-order valence-electron chi connectivity index (χ3n) is 2.58. The van der Waals surface area contributed by atoms with Crippen molar-refractivity contribution in [1.29, 1.82) is 0 Å². The molecule has 2 nitrogen and oxygen atoms in total. The van der Waals surface area contributed by atoms with Gasteiger partial charge in [-0.3, -0.25) is 0 Å². The van der Waals surface area contributed by atoms with Crippen LogP contribution in [0.5, 0.6) is 0 Å². The normalized spacial score (nSPS) is 14.2. The van der Waals surface area contributed by atoms with Crippen LogP contribution in [0.4, 0.5) is 0 Å². The molecule has 0 saturated carbocycles. The lowest BCUT2D eigenvalue weighted by Gasteiger charge is -2.19. The SMILES string of the molecule is CCOC(=S)C[C@@H](O)[C@H](C)c1ccccc1. The van der Waals surface area contributed by atoms with Gasteiger partial charge >= 0.3 is 0 Å². The van der Waals surface area contributed by atoms with E-state index in [0.29, 0.717) is 18.1 Å². The van der Waals surface area contributed by atoms with E-state index in [4.69, 9.17) is 17.0 Å². The van der Waals surface area contributed by atoms with Gasteiger partial charge in [-0.25, -0.2) is 0 Å². The maximum Gasteiger partial charge on any atom is 0.162 e. The van der Waals surface area contributed by atoms with Crippen LogP contribution in [0.1, 0.15) is 31.7 Å². The molecule has 0 amide bonds. The molecule has 0 bridgehead atoms. The van der Waals surface area contributed by atoms with Gasteiger partial charge in [0.2, 0.25) is 0 Å². The lowest BCUT2D eigenvalue weighted by Crippen LogP contribution is -2.20. The van der Waals surface area contributed by atoms with Gasteiger partial charge in [0.15, 0.2) is 5.05 Å². The van der Waals surface area contributed by atoms with Crippen LogP contribution in [-0.4, -0.2) is 22.9 Å². The van der Waals surface area contributed by atoms with E-state index >= 15 is 0 Å². The van der Waals surface area contributed by atoms with E-state index in [1.54, 1.807) is 0 Å². The average Bonchev–Trinajstić information content (AvgIpc) is 2.29. The molecule has 1 rings (SSSR count). The monoisotopic (exact) mass is 238 g/mol. The summed E-state index contributed by atoms with van der Waals surface area (Å²) in [6, 6.07) is 9.93. The highest BCUT2D eigenvalue weighted by Gasteiger charge is 2.18. The summed E-state index contributed by atoms with van der Waals surface area (Å²) in [5, 5.41) is 10.5. The molecule has 16 heavy (non-hydrogen) atoms. The highest BCUT2D eigenvalue weighted by atomic mass is 32.1. The molecule has 1 aromatic rings. The number of aliphatic hydroxyl groups excluding tert-OH is 1. The Morgan fingerprint density at radius 3 is 2.56 bits per heavy atom. The van der Waals surface area contributed by atoms with Crippen LogP contribution in [-0.2, 0) is 4.74 Å². The molecule has 0 unspecified atom stereocenters. The molecule has 88 valence electrons. The van der Waals surface area contributed by atoms with E-state index in [0.717, 1.165) is 5.56 Å². The van der Waals surface area contributed by atoms with Crippen LogP contribution >= 0.6 is 12.2 Å². The first-order chi connectivity index (χ1) is 7.65. The van der Waals surface area contributed by atoms with E-state index < -0.39 is 6.10 Å². The predicted molar refractivity (Wildman–Crippen MR) is 69.7 cm³/mol. The van der Waals surface area contributed by atoms with Gasteiger partial charge in [0.05, 0.1) is 12.7 Å². The standard InChI is InChI=1S/C13H18O2S/c1-3-15-13(16)9-12(14)10(2)11-7-5-4-6-8-11/h4-8,10,12,14H,3,9H2,1-2H3/t10-,12-/m1/s1. The topological polar surface area (TPSA) is 29.5 Å². The van der Waals surface area contributed by atoms with Gasteiger partial charge in [0.1, 0.15) is 0 Å². The van der Waals surface area contributed by atoms with Crippen molar-refractivity contribution in [2.24, 2.45) is 0 Å². The number of rotatable bonds is 5. The Morgan fingerprint density at radius 1 is 1.38 bits per heavy atom. The predicted octanol–water partition coefficient (Wildman–Crippen LogP) is 2.91. The van der Waals surface area contributed by atoms with Crippen LogP contribution in [0.3, 0.4) is 0 Å². The molecule has 0 radical (unpaired) electrons. The summed E-state index contributed by atoms with van der Waals surface area (Å²) in [5.41, 5.74) is 1.12. The Balaban J connectivity index is 2.54. The summed E-state index contributed by atoms with van der Waals surface area (Å²) in [6.45, 7) is 4.44. The summed E-state index contributed by atoms with van der Waals surface area (Å²) in [4.78, 5) is 0. The van der Waals surface area contributed by atoms with Crippen LogP contribution in [0.2, 0.25) is 0 Å². The Bertz CT molecular complexity index is 324. The molecule has 0 heterocycles. The largest absolute Gasteiger partial charge is 0.487 e. The summed E-state index contributed by atoms with van der Waals surface area (Å²) in [5.74, 6) is 0.0691. The van der Waals surface area contributed by atoms with Gasteiger partial charge in [0.25, 0.3) is 0 Å². The van der Waals surface area contributed by atoms with Crippen LogP contribution < -0.4 is 0 Å². The number of benzene rings is 1. The lowest BCUT2D eigenvalue weighted by molar-refractivity contribution is 0.149. The maximum atomic E-state index is 10.0. The van der Waals surface area contributed by atoms with E-state index in [9.17, 15) is 5.11 Å². The Morgan fingerprint density at radius 2 is 2.00 bits per heavy atom. The Labute approximate surface area is 102 Å². The molecule has 0 fully saturated rings. The molecule has 0 aliphatic heterocycles. The highest BCUT2D eigenvalue weighted by Crippen LogP contribution is 2.21.